The summed E-state index contributed by atoms with van der Waals surface area (Å²) in [5.74, 6) is -1.52. The molecule has 200 valence electrons. The van der Waals surface area contributed by atoms with Crippen molar-refractivity contribution < 1.29 is 24.3 Å². The first-order valence-corrected chi connectivity index (χ1v) is 13.2. The number of nitrogens with zero attached hydrogens (tertiary/aromatic N) is 2. The number of thiazole rings is 1. The number of nitrogens with one attached hydrogen (secondary N) is 2. The Bertz CT molecular complexity index is 1150. The molecule has 1 fully saturated rings. The summed E-state index contributed by atoms with van der Waals surface area (Å²) in [6, 6.07) is 6.47. The van der Waals surface area contributed by atoms with Crippen LogP contribution in [0.2, 0.25) is 0 Å². The number of ketones is 1. The Morgan fingerprint density at radius 1 is 1.19 bits per heavy atom. The van der Waals surface area contributed by atoms with Gasteiger partial charge in [0.1, 0.15) is 11.8 Å². The summed E-state index contributed by atoms with van der Waals surface area (Å²) in [5.41, 5.74) is 1.31. The number of aliphatic hydroxyl groups is 1. The van der Waals surface area contributed by atoms with Crippen molar-refractivity contribution in [3.63, 3.8) is 0 Å². The third-order valence-electron chi connectivity index (χ3n) is 6.68. The molecule has 4 atom stereocenters. The quantitative estimate of drug-likeness (QED) is 0.483. The van der Waals surface area contributed by atoms with Crippen LogP contribution in [0, 0.1) is 11.3 Å². The monoisotopic (exact) mass is 528 g/mol. The van der Waals surface area contributed by atoms with Crippen LogP contribution in [0.15, 0.2) is 30.5 Å². The lowest BCUT2D eigenvalue weighted by Crippen LogP contribution is -2.50. The number of likely N-dealkylation sites (tertiary alicyclic amines) is 1. The fourth-order valence-corrected chi connectivity index (χ4v) is 5.37. The van der Waals surface area contributed by atoms with Gasteiger partial charge in [0.05, 0.1) is 17.0 Å². The van der Waals surface area contributed by atoms with Gasteiger partial charge in [-0.05, 0) is 30.4 Å². The molecule has 1 aromatic carbocycles. The van der Waals surface area contributed by atoms with Gasteiger partial charge in [0.2, 0.25) is 11.8 Å². The molecule has 10 heteroatoms. The fraction of sp³-hybridized carbons (Fsp3) is 0.519. The van der Waals surface area contributed by atoms with Crippen LogP contribution in [0.25, 0.3) is 10.4 Å². The molecule has 0 unspecified atom stereocenters. The second-order valence-electron chi connectivity index (χ2n) is 10.7. The van der Waals surface area contributed by atoms with Crippen LogP contribution in [0.5, 0.6) is 0 Å². The summed E-state index contributed by atoms with van der Waals surface area (Å²) in [7, 11) is 1.56. The van der Waals surface area contributed by atoms with Crippen LogP contribution in [-0.2, 0) is 14.4 Å². The van der Waals surface area contributed by atoms with Crippen molar-refractivity contribution in [3.8, 4) is 10.4 Å². The topological polar surface area (TPSA) is 129 Å². The van der Waals surface area contributed by atoms with Crippen molar-refractivity contribution in [3.05, 3.63) is 41.0 Å². The highest BCUT2D eigenvalue weighted by molar-refractivity contribution is 7.16. The number of carbonyl (C=O) groups is 4. The van der Waals surface area contributed by atoms with E-state index >= 15 is 0 Å². The first kappa shape index (κ1) is 28.5. The van der Waals surface area contributed by atoms with Crippen LogP contribution in [0.4, 0.5) is 0 Å². The molecule has 0 radical (unpaired) electrons. The van der Waals surface area contributed by atoms with Crippen LogP contribution < -0.4 is 10.6 Å². The van der Waals surface area contributed by atoms with Crippen LogP contribution in [-0.4, -0.2) is 64.2 Å². The molecular formula is C27H36N4O5S. The second-order valence-corrected chi connectivity index (χ2v) is 11.7. The van der Waals surface area contributed by atoms with Crippen LogP contribution >= 0.6 is 11.3 Å². The van der Waals surface area contributed by atoms with Crippen LogP contribution in [0.1, 0.15) is 68.9 Å². The van der Waals surface area contributed by atoms with Gasteiger partial charge in [-0.1, -0.05) is 45.0 Å². The molecule has 1 aliphatic rings. The molecule has 9 nitrogen and oxygen atoms in total. The van der Waals surface area contributed by atoms with Gasteiger partial charge in [0, 0.05) is 38.5 Å². The number of rotatable bonds is 8. The Labute approximate surface area is 221 Å². The Morgan fingerprint density at radius 2 is 1.84 bits per heavy atom. The molecule has 2 aromatic rings. The molecule has 0 saturated carbocycles. The second kappa shape index (κ2) is 11.5. The summed E-state index contributed by atoms with van der Waals surface area (Å²) in [6.07, 6.45) is 1.10. The normalized spacial score (nSPS) is 19.3. The number of β-amino-alcohol motifs (C(OH)–C–C–N with tert-alkyl or cyclic N) is 1. The lowest BCUT2D eigenvalue weighted by molar-refractivity contribution is -0.146. The lowest BCUT2D eigenvalue weighted by atomic mass is 9.77. The van der Waals surface area contributed by atoms with Crippen molar-refractivity contribution in [2.24, 2.45) is 11.3 Å². The summed E-state index contributed by atoms with van der Waals surface area (Å²) in [6.45, 7) is 9.08. The van der Waals surface area contributed by atoms with E-state index < -0.39 is 23.5 Å². The Hall–Kier alpha value is -3.11. The highest BCUT2D eigenvalue weighted by Gasteiger charge is 2.44. The van der Waals surface area contributed by atoms with Crippen LogP contribution in [0.3, 0.4) is 0 Å². The Balaban J connectivity index is 1.71. The summed E-state index contributed by atoms with van der Waals surface area (Å²) < 4.78 is 0. The number of carbonyl (C=O) groups excluding carboxylic acids is 4. The summed E-state index contributed by atoms with van der Waals surface area (Å²) in [5, 5.41) is 16.2. The van der Waals surface area contributed by atoms with E-state index in [1.54, 1.807) is 13.2 Å². The van der Waals surface area contributed by atoms with Gasteiger partial charge in [-0.15, -0.1) is 11.3 Å². The number of hydrogen-bond donors (Lipinski definition) is 3. The number of benzene rings is 1. The maximum atomic E-state index is 13.4. The van der Waals surface area contributed by atoms with E-state index in [1.807, 2.05) is 52.0 Å². The minimum Gasteiger partial charge on any atom is -0.391 e. The SMILES string of the molecule is CNC(=O)c1ncc(-c2ccc([C@H](C)NC(=O)[C@@H]3C[C@@H](O)CN3C(=O)[C@@H](CC(C)=O)C(C)(C)C)cc2)s1. The van der Waals surface area contributed by atoms with Gasteiger partial charge in [-0.3, -0.25) is 14.4 Å². The van der Waals surface area contributed by atoms with Gasteiger partial charge in [-0.2, -0.15) is 0 Å². The third-order valence-corrected chi connectivity index (χ3v) is 7.73. The maximum absolute atomic E-state index is 13.4. The smallest absolute Gasteiger partial charge is 0.280 e. The Kier molecular flexibility index (Phi) is 8.86. The highest BCUT2D eigenvalue weighted by Crippen LogP contribution is 2.33. The molecule has 0 spiro atoms. The number of aromatic nitrogens is 1. The molecular weight excluding hydrogens is 492 g/mol. The van der Waals surface area contributed by atoms with E-state index in [2.05, 4.69) is 15.6 Å². The average Bonchev–Trinajstić information content (AvgIpc) is 3.48. The highest BCUT2D eigenvalue weighted by atomic mass is 32.1. The zero-order valence-electron chi connectivity index (χ0n) is 22.2. The predicted octanol–water partition coefficient (Wildman–Crippen LogP) is 2.95. The zero-order valence-corrected chi connectivity index (χ0v) is 23.0. The van der Waals surface area contributed by atoms with Gasteiger partial charge in [0.15, 0.2) is 5.01 Å². The first-order valence-electron chi connectivity index (χ1n) is 12.4. The van der Waals surface area contributed by atoms with Gasteiger partial charge >= 0.3 is 0 Å². The number of hydrogen-bond acceptors (Lipinski definition) is 7. The van der Waals surface area contributed by atoms with E-state index in [4.69, 9.17) is 0 Å². The van der Waals surface area contributed by atoms with Crippen molar-refractivity contribution in [2.75, 3.05) is 13.6 Å². The molecule has 2 heterocycles. The first-order chi connectivity index (χ1) is 17.3. The summed E-state index contributed by atoms with van der Waals surface area (Å²) in [4.78, 5) is 56.7. The van der Waals surface area contributed by atoms with Gasteiger partial charge in [0.25, 0.3) is 5.91 Å². The maximum Gasteiger partial charge on any atom is 0.280 e. The van der Waals surface area contributed by atoms with E-state index in [9.17, 15) is 24.3 Å². The van der Waals surface area contributed by atoms with E-state index in [0.29, 0.717) is 5.01 Å². The van der Waals surface area contributed by atoms with Gasteiger partial charge in [-0.25, -0.2) is 4.98 Å². The number of amides is 3. The molecule has 0 bridgehead atoms. The van der Waals surface area contributed by atoms with Crippen molar-refractivity contribution in [2.45, 2.75) is 65.6 Å². The van der Waals surface area contributed by atoms with Crippen molar-refractivity contribution in [1.29, 1.82) is 0 Å². The molecule has 37 heavy (non-hydrogen) atoms. The minimum absolute atomic E-state index is 0.0668. The van der Waals surface area contributed by atoms with E-state index in [-0.39, 0.29) is 48.9 Å². The van der Waals surface area contributed by atoms with Crippen molar-refractivity contribution in [1.82, 2.24) is 20.5 Å². The third kappa shape index (κ3) is 6.81. The zero-order chi connectivity index (χ0) is 27.5. The number of Topliss-reactive ketones (excluding diaryl/α,β-unsaturated/α-hetero) is 1. The molecule has 0 aliphatic carbocycles. The predicted molar refractivity (Wildman–Crippen MR) is 142 cm³/mol. The summed E-state index contributed by atoms with van der Waals surface area (Å²) >= 11 is 1.30. The molecule has 3 rings (SSSR count). The van der Waals surface area contributed by atoms with E-state index in [1.165, 1.54) is 23.2 Å². The molecule has 1 aliphatic heterocycles. The minimum atomic E-state index is -0.804. The molecule has 1 aromatic heterocycles. The molecule has 1 saturated heterocycles. The number of aliphatic hydroxyl groups excluding tert-OH is 1. The van der Waals surface area contributed by atoms with E-state index in [0.717, 1.165) is 16.0 Å². The standard InChI is InChI=1S/C27H36N4O5S/c1-15(32)11-20(27(3,4)5)26(36)31-14-19(33)12-21(31)23(34)30-16(2)17-7-9-18(10-8-17)22-13-29-25(37-22)24(35)28-6/h7-10,13,16,19-21,33H,11-12,14H2,1-6H3,(H,28,35)(H,30,34)/t16-,19+,20+,21-/m0/s1. The molecule has 3 amide bonds. The largest absolute Gasteiger partial charge is 0.391 e. The molecule has 3 N–H and O–H groups in total. The van der Waals surface area contributed by atoms with Crippen molar-refractivity contribution >= 4 is 34.8 Å². The van der Waals surface area contributed by atoms with Gasteiger partial charge < -0.3 is 25.4 Å². The lowest BCUT2D eigenvalue weighted by Gasteiger charge is -2.34. The Morgan fingerprint density at radius 3 is 2.41 bits per heavy atom. The fourth-order valence-electron chi connectivity index (χ4n) is 4.51. The average molecular weight is 529 g/mol.